The smallest absolute Gasteiger partial charge is 0.200 e. The van der Waals surface area contributed by atoms with Gasteiger partial charge in [-0.15, -0.1) is 0 Å². The molecule has 0 aliphatic heterocycles. The van der Waals surface area contributed by atoms with E-state index in [1.165, 1.54) is 6.07 Å². The van der Waals surface area contributed by atoms with Crippen LogP contribution in [-0.4, -0.2) is 20.5 Å². The van der Waals surface area contributed by atoms with Crippen LogP contribution < -0.4 is 5.32 Å². The molecule has 1 heterocycles. The topological polar surface area (TPSA) is 98.8 Å². The second-order valence-electron chi connectivity index (χ2n) is 4.35. The maximum absolute atomic E-state index is 9.66. The van der Waals surface area contributed by atoms with Crippen LogP contribution in [0, 0.1) is 13.8 Å². The Morgan fingerprint density at radius 2 is 1.84 bits per heavy atom. The number of nitrogens with zero attached hydrogens (tertiary/aromatic N) is 1. The standard InChI is InChI=1S/C13H16N2O4/c1-7-10(8(2)19-15-7)6-14-5-9-3-4-11(16)13(18)12(9)17/h3-4,14,16-18H,5-6H2,1-2H3. The Bertz CT molecular complexity index is 573. The van der Waals surface area contributed by atoms with Crippen LogP contribution in [0.25, 0.3) is 0 Å². The lowest BCUT2D eigenvalue weighted by Gasteiger charge is -2.08. The van der Waals surface area contributed by atoms with E-state index in [0.717, 1.165) is 17.0 Å². The molecule has 2 aromatic rings. The lowest BCUT2D eigenvalue weighted by atomic mass is 10.1. The quantitative estimate of drug-likeness (QED) is 0.627. The van der Waals surface area contributed by atoms with Crippen LogP contribution in [0.4, 0.5) is 0 Å². The fraction of sp³-hybridized carbons (Fsp3) is 0.308. The minimum atomic E-state index is -0.503. The molecule has 0 amide bonds. The molecule has 0 spiro atoms. The van der Waals surface area contributed by atoms with Crippen molar-refractivity contribution in [1.29, 1.82) is 0 Å². The second kappa shape index (κ2) is 5.19. The van der Waals surface area contributed by atoms with E-state index in [9.17, 15) is 15.3 Å². The highest BCUT2D eigenvalue weighted by atomic mass is 16.5. The van der Waals surface area contributed by atoms with Crippen LogP contribution in [0.15, 0.2) is 16.7 Å². The van der Waals surface area contributed by atoms with E-state index in [4.69, 9.17) is 4.52 Å². The predicted molar refractivity (Wildman–Crippen MR) is 68.0 cm³/mol. The Labute approximate surface area is 110 Å². The molecule has 1 aromatic carbocycles. The summed E-state index contributed by atoms with van der Waals surface area (Å²) in [7, 11) is 0. The number of rotatable bonds is 4. The molecular formula is C13H16N2O4. The van der Waals surface area contributed by atoms with E-state index in [1.807, 2.05) is 13.8 Å². The van der Waals surface area contributed by atoms with Gasteiger partial charge >= 0.3 is 0 Å². The highest BCUT2D eigenvalue weighted by molar-refractivity contribution is 5.53. The van der Waals surface area contributed by atoms with Crippen molar-refractivity contribution in [3.63, 3.8) is 0 Å². The van der Waals surface area contributed by atoms with Gasteiger partial charge in [-0.2, -0.15) is 0 Å². The number of aromatic hydroxyl groups is 3. The van der Waals surface area contributed by atoms with Crippen LogP contribution in [-0.2, 0) is 13.1 Å². The first kappa shape index (κ1) is 13.2. The Hall–Kier alpha value is -2.21. The number of benzene rings is 1. The van der Waals surface area contributed by atoms with Gasteiger partial charge in [0, 0.05) is 24.2 Å². The van der Waals surface area contributed by atoms with E-state index in [-0.39, 0.29) is 11.5 Å². The van der Waals surface area contributed by atoms with Gasteiger partial charge in [-0.05, 0) is 19.9 Å². The lowest BCUT2D eigenvalue weighted by Crippen LogP contribution is -2.13. The zero-order valence-electron chi connectivity index (χ0n) is 10.8. The minimum Gasteiger partial charge on any atom is -0.504 e. The predicted octanol–water partition coefficient (Wildman–Crippen LogP) is 1.70. The molecule has 0 saturated heterocycles. The number of aryl methyl sites for hydroxylation is 2. The Morgan fingerprint density at radius 3 is 2.47 bits per heavy atom. The summed E-state index contributed by atoms with van der Waals surface area (Å²) in [5, 5.41) is 35.3. The number of hydrogen-bond acceptors (Lipinski definition) is 6. The normalized spacial score (nSPS) is 10.8. The molecule has 0 atom stereocenters. The van der Waals surface area contributed by atoms with Crippen molar-refractivity contribution in [2.24, 2.45) is 0 Å². The summed E-state index contributed by atoms with van der Waals surface area (Å²) < 4.78 is 5.04. The van der Waals surface area contributed by atoms with Gasteiger partial charge < -0.3 is 25.2 Å². The number of hydrogen-bond donors (Lipinski definition) is 4. The summed E-state index contributed by atoms with van der Waals surface area (Å²) in [6.07, 6.45) is 0. The minimum absolute atomic E-state index is 0.314. The van der Waals surface area contributed by atoms with Crippen molar-refractivity contribution in [1.82, 2.24) is 10.5 Å². The second-order valence-corrected chi connectivity index (χ2v) is 4.35. The molecule has 19 heavy (non-hydrogen) atoms. The number of phenols is 3. The van der Waals surface area contributed by atoms with Crippen molar-refractivity contribution in [2.45, 2.75) is 26.9 Å². The van der Waals surface area contributed by atoms with E-state index in [2.05, 4.69) is 10.5 Å². The van der Waals surface area contributed by atoms with Gasteiger partial charge in [0.15, 0.2) is 11.5 Å². The van der Waals surface area contributed by atoms with E-state index in [1.54, 1.807) is 6.07 Å². The highest BCUT2D eigenvalue weighted by Gasteiger charge is 2.12. The molecule has 6 nitrogen and oxygen atoms in total. The largest absolute Gasteiger partial charge is 0.504 e. The maximum Gasteiger partial charge on any atom is 0.200 e. The molecule has 6 heteroatoms. The first-order valence-electron chi connectivity index (χ1n) is 5.86. The Kier molecular flexibility index (Phi) is 3.62. The van der Waals surface area contributed by atoms with Crippen LogP contribution in [0.5, 0.6) is 17.2 Å². The van der Waals surface area contributed by atoms with Crippen molar-refractivity contribution < 1.29 is 19.8 Å². The average Bonchev–Trinajstić information content (AvgIpc) is 2.70. The molecule has 0 aliphatic carbocycles. The molecule has 1 aromatic heterocycles. The molecular weight excluding hydrogens is 248 g/mol. The van der Waals surface area contributed by atoms with Crippen molar-refractivity contribution >= 4 is 0 Å². The highest BCUT2D eigenvalue weighted by Crippen LogP contribution is 2.36. The third-order valence-electron chi connectivity index (χ3n) is 3.01. The molecule has 0 unspecified atom stereocenters. The SMILES string of the molecule is Cc1noc(C)c1CNCc1ccc(O)c(O)c1O. The Balaban J connectivity index is 2.02. The molecule has 0 radical (unpaired) electrons. The summed E-state index contributed by atoms with van der Waals surface area (Å²) in [6, 6.07) is 2.88. The van der Waals surface area contributed by atoms with Gasteiger partial charge in [0.05, 0.1) is 5.69 Å². The lowest BCUT2D eigenvalue weighted by molar-refractivity contribution is 0.364. The monoisotopic (exact) mass is 264 g/mol. The molecule has 2 rings (SSSR count). The van der Waals surface area contributed by atoms with Crippen LogP contribution in [0.3, 0.4) is 0 Å². The van der Waals surface area contributed by atoms with Crippen LogP contribution in [0.1, 0.15) is 22.6 Å². The fourth-order valence-electron chi connectivity index (χ4n) is 1.83. The maximum atomic E-state index is 9.66. The first-order valence-corrected chi connectivity index (χ1v) is 5.86. The third-order valence-corrected chi connectivity index (χ3v) is 3.01. The summed E-state index contributed by atoms with van der Waals surface area (Å²) in [6.45, 7) is 4.59. The van der Waals surface area contributed by atoms with Gasteiger partial charge in [0.25, 0.3) is 0 Å². The van der Waals surface area contributed by atoms with Crippen molar-refractivity contribution in [3.05, 3.63) is 34.7 Å². The molecule has 0 aliphatic rings. The van der Waals surface area contributed by atoms with Gasteiger partial charge in [-0.1, -0.05) is 11.2 Å². The van der Waals surface area contributed by atoms with E-state index in [0.29, 0.717) is 18.7 Å². The van der Waals surface area contributed by atoms with E-state index < -0.39 is 5.75 Å². The summed E-state index contributed by atoms with van der Waals surface area (Å²) in [4.78, 5) is 0. The van der Waals surface area contributed by atoms with Crippen LogP contribution in [0.2, 0.25) is 0 Å². The number of phenolic OH excluding ortho intramolecular Hbond substituents is 3. The van der Waals surface area contributed by atoms with Crippen molar-refractivity contribution in [2.75, 3.05) is 0 Å². The zero-order valence-corrected chi connectivity index (χ0v) is 10.8. The number of nitrogens with one attached hydrogen (secondary N) is 1. The summed E-state index contributed by atoms with van der Waals surface area (Å²) >= 11 is 0. The van der Waals surface area contributed by atoms with Gasteiger partial charge in [0.2, 0.25) is 5.75 Å². The average molecular weight is 264 g/mol. The van der Waals surface area contributed by atoms with Gasteiger partial charge in [0.1, 0.15) is 5.76 Å². The fourth-order valence-corrected chi connectivity index (χ4v) is 1.83. The third kappa shape index (κ3) is 2.63. The summed E-state index contributed by atoms with van der Waals surface area (Å²) in [5.41, 5.74) is 2.30. The number of aromatic nitrogens is 1. The van der Waals surface area contributed by atoms with Gasteiger partial charge in [-0.25, -0.2) is 0 Å². The van der Waals surface area contributed by atoms with E-state index >= 15 is 0 Å². The van der Waals surface area contributed by atoms with Crippen molar-refractivity contribution in [3.8, 4) is 17.2 Å². The Morgan fingerprint density at radius 1 is 1.11 bits per heavy atom. The molecule has 4 N–H and O–H groups in total. The summed E-state index contributed by atoms with van der Waals surface area (Å²) in [5.74, 6) is -0.405. The molecule has 0 fully saturated rings. The van der Waals surface area contributed by atoms with Gasteiger partial charge in [-0.3, -0.25) is 0 Å². The molecule has 102 valence electrons. The zero-order chi connectivity index (χ0) is 14.0. The molecule has 0 saturated carbocycles. The molecule has 0 bridgehead atoms. The first-order chi connectivity index (χ1) is 9.00. The van der Waals surface area contributed by atoms with Crippen LogP contribution >= 0.6 is 0 Å².